The largest absolute Gasteiger partial charge is 0.352 e. The highest BCUT2D eigenvalue weighted by Gasteiger charge is 2.26. The number of piperazine rings is 1. The number of hydrogen-bond donors (Lipinski definition) is 2. The lowest BCUT2D eigenvalue weighted by molar-refractivity contribution is -0.121. The van der Waals surface area contributed by atoms with Crippen LogP contribution >= 0.6 is 0 Å². The predicted molar refractivity (Wildman–Crippen MR) is 111 cm³/mol. The number of carbonyl (C=O) groups is 1. The van der Waals surface area contributed by atoms with Crippen molar-refractivity contribution in [2.45, 2.75) is 25.9 Å². The van der Waals surface area contributed by atoms with Gasteiger partial charge in [0.25, 0.3) is 0 Å². The van der Waals surface area contributed by atoms with Crippen LogP contribution in [0.5, 0.6) is 0 Å². The number of imidazole rings is 1. The Morgan fingerprint density at radius 1 is 1.24 bits per heavy atom. The van der Waals surface area contributed by atoms with E-state index < -0.39 is 0 Å². The molecule has 0 aliphatic carbocycles. The van der Waals surface area contributed by atoms with Crippen LogP contribution in [0.2, 0.25) is 0 Å². The highest BCUT2D eigenvalue weighted by atomic mass is 16.1. The molecule has 1 aliphatic rings. The van der Waals surface area contributed by atoms with Crippen molar-refractivity contribution in [2.24, 2.45) is 0 Å². The van der Waals surface area contributed by atoms with Gasteiger partial charge in [0.2, 0.25) is 11.9 Å². The van der Waals surface area contributed by atoms with E-state index in [2.05, 4.69) is 49.5 Å². The number of benzene rings is 1. The molecule has 4 rings (SSSR count). The van der Waals surface area contributed by atoms with E-state index in [1.807, 2.05) is 24.4 Å². The number of carbonyl (C=O) groups excluding carboxylic acids is 1. The fraction of sp³-hybridized carbons (Fsp3) is 0.333. The third-order valence-electron chi connectivity index (χ3n) is 5.04. The second-order valence-electron chi connectivity index (χ2n) is 7.20. The maximum absolute atomic E-state index is 12.6. The van der Waals surface area contributed by atoms with Gasteiger partial charge < -0.3 is 15.5 Å². The van der Waals surface area contributed by atoms with Crippen molar-refractivity contribution in [3.63, 3.8) is 0 Å². The predicted octanol–water partition coefficient (Wildman–Crippen LogP) is 1.46. The van der Waals surface area contributed by atoms with Gasteiger partial charge in [0, 0.05) is 51.2 Å². The molecule has 3 aromatic rings. The summed E-state index contributed by atoms with van der Waals surface area (Å²) in [5.74, 6) is 1.43. The highest BCUT2D eigenvalue weighted by Crippen LogP contribution is 2.18. The Labute approximate surface area is 170 Å². The van der Waals surface area contributed by atoms with Crippen molar-refractivity contribution in [2.75, 3.05) is 24.5 Å². The van der Waals surface area contributed by atoms with Gasteiger partial charge in [-0.3, -0.25) is 9.36 Å². The van der Waals surface area contributed by atoms with Gasteiger partial charge in [0.05, 0.1) is 6.04 Å². The molecular weight excluding hydrogens is 366 g/mol. The Balaban J connectivity index is 1.41. The fourth-order valence-corrected chi connectivity index (χ4v) is 3.44. The monoisotopic (exact) mass is 391 g/mol. The first-order valence-electron chi connectivity index (χ1n) is 9.80. The Morgan fingerprint density at radius 2 is 2.10 bits per heavy atom. The van der Waals surface area contributed by atoms with E-state index in [4.69, 9.17) is 0 Å². The molecule has 0 spiro atoms. The molecule has 2 aromatic heterocycles. The van der Waals surface area contributed by atoms with Crippen LogP contribution in [-0.4, -0.2) is 51.1 Å². The summed E-state index contributed by atoms with van der Waals surface area (Å²) >= 11 is 0. The minimum absolute atomic E-state index is 0.0345. The van der Waals surface area contributed by atoms with Gasteiger partial charge in [0.1, 0.15) is 12.1 Å². The smallest absolute Gasteiger partial charge is 0.236 e. The van der Waals surface area contributed by atoms with E-state index in [1.165, 1.54) is 5.56 Å². The molecule has 1 fully saturated rings. The fourth-order valence-electron chi connectivity index (χ4n) is 3.44. The van der Waals surface area contributed by atoms with Crippen LogP contribution in [0, 0.1) is 6.92 Å². The van der Waals surface area contributed by atoms with Crippen molar-refractivity contribution >= 4 is 11.7 Å². The Bertz CT molecular complexity index is 940. The standard InChI is InChI=1S/C21H25N7O/c1-16-2-4-17(5-3-16)13-25-20(29)12-18-14-22-9-11-28(18)19-6-7-24-21(26-19)27-10-8-23-15-27/h2-8,10,15,18,22H,9,11-14H2,1H3,(H,25,29). The molecular formula is C21H25N7O. The van der Waals surface area contributed by atoms with Gasteiger partial charge in [-0.25, -0.2) is 9.97 Å². The average molecular weight is 391 g/mol. The first-order chi connectivity index (χ1) is 14.2. The zero-order chi connectivity index (χ0) is 20.1. The number of aromatic nitrogens is 4. The first-order valence-corrected chi connectivity index (χ1v) is 9.80. The number of rotatable bonds is 6. The maximum Gasteiger partial charge on any atom is 0.236 e. The normalized spacial score (nSPS) is 16.6. The number of hydrogen-bond acceptors (Lipinski definition) is 6. The van der Waals surface area contributed by atoms with Crippen LogP contribution in [0.15, 0.2) is 55.2 Å². The molecule has 29 heavy (non-hydrogen) atoms. The number of aryl methyl sites for hydroxylation is 1. The van der Waals surface area contributed by atoms with Crippen molar-refractivity contribution in [1.82, 2.24) is 30.2 Å². The van der Waals surface area contributed by atoms with E-state index in [0.717, 1.165) is 31.0 Å². The number of nitrogens with zero attached hydrogens (tertiary/aromatic N) is 5. The summed E-state index contributed by atoms with van der Waals surface area (Å²) in [6, 6.07) is 10.1. The topological polar surface area (TPSA) is 88.0 Å². The summed E-state index contributed by atoms with van der Waals surface area (Å²) in [6.07, 6.45) is 7.33. The van der Waals surface area contributed by atoms with Crippen LogP contribution in [0.4, 0.5) is 5.82 Å². The molecule has 0 bridgehead atoms. The SMILES string of the molecule is Cc1ccc(CNC(=O)CC2CNCCN2c2ccnc(-n3ccnc3)n2)cc1. The van der Waals surface area contributed by atoms with Gasteiger partial charge in [-0.2, -0.15) is 4.98 Å². The molecule has 3 heterocycles. The molecule has 8 heteroatoms. The zero-order valence-electron chi connectivity index (χ0n) is 16.5. The summed E-state index contributed by atoms with van der Waals surface area (Å²) < 4.78 is 1.77. The van der Waals surface area contributed by atoms with Crippen LogP contribution < -0.4 is 15.5 Å². The highest BCUT2D eigenvalue weighted by molar-refractivity contribution is 5.77. The molecule has 2 N–H and O–H groups in total. The Kier molecular flexibility index (Phi) is 5.81. The molecule has 1 amide bonds. The van der Waals surface area contributed by atoms with Crippen molar-refractivity contribution in [1.29, 1.82) is 0 Å². The molecule has 150 valence electrons. The Hall–Kier alpha value is -3.26. The first kappa shape index (κ1) is 19.1. The summed E-state index contributed by atoms with van der Waals surface area (Å²) in [4.78, 5) is 27.8. The van der Waals surface area contributed by atoms with E-state index in [1.54, 1.807) is 23.3 Å². The molecule has 1 unspecified atom stereocenters. The molecule has 1 atom stereocenters. The average Bonchev–Trinajstić information content (AvgIpc) is 3.29. The second kappa shape index (κ2) is 8.83. The van der Waals surface area contributed by atoms with Gasteiger partial charge >= 0.3 is 0 Å². The van der Waals surface area contributed by atoms with E-state index in [9.17, 15) is 4.79 Å². The molecule has 8 nitrogen and oxygen atoms in total. The van der Waals surface area contributed by atoms with Gasteiger partial charge in [-0.1, -0.05) is 29.8 Å². The van der Waals surface area contributed by atoms with Crippen molar-refractivity contribution in [3.05, 3.63) is 66.4 Å². The maximum atomic E-state index is 12.6. The van der Waals surface area contributed by atoms with Crippen molar-refractivity contribution in [3.8, 4) is 5.95 Å². The summed E-state index contributed by atoms with van der Waals surface area (Å²) in [7, 11) is 0. The summed E-state index contributed by atoms with van der Waals surface area (Å²) in [5, 5.41) is 6.41. The van der Waals surface area contributed by atoms with Crippen LogP contribution in [-0.2, 0) is 11.3 Å². The molecule has 1 saturated heterocycles. The third kappa shape index (κ3) is 4.78. The lowest BCUT2D eigenvalue weighted by atomic mass is 10.1. The number of amides is 1. The minimum Gasteiger partial charge on any atom is -0.352 e. The third-order valence-corrected chi connectivity index (χ3v) is 5.04. The van der Waals surface area contributed by atoms with E-state index >= 15 is 0 Å². The number of nitrogens with one attached hydrogen (secondary N) is 2. The lowest BCUT2D eigenvalue weighted by Gasteiger charge is -2.36. The molecule has 1 aromatic carbocycles. The summed E-state index contributed by atoms with van der Waals surface area (Å²) in [5.41, 5.74) is 2.31. The van der Waals surface area contributed by atoms with E-state index in [-0.39, 0.29) is 11.9 Å². The van der Waals surface area contributed by atoms with Gasteiger partial charge in [-0.15, -0.1) is 0 Å². The van der Waals surface area contributed by atoms with Crippen LogP contribution in [0.3, 0.4) is 0 Å². The minimum atomic E-state index is 0.0345. The quantitative estimate of drug-likeness (QED) is 0.661. The zero-order valence-corrected chi connectivity index (χ0v) is 16.5. The van der Waals surface area contributed by atoms with Gasteiger partial charge in [-0.05, 0) is 18.6 Å². The van der Waals surface area contributed by atoms with Crippen molar-refractivity contribution < 1.29 is 4.79 Å². The number of anilines is 1. The van der Waals surface area contributed by atoms with E-state index in [0.29, 0.717) is 18.9 Å². The Morgan fingerprint density at radius 3 is 2.90 bits per heavy atom. The second-order valence-corrected chi connectivity index (χ2v) is 7.20. The summed E-state index contributed by atoms with van der Waals surface area (Å²) in [6.45, 7) is 4.97. The molecule has 0 saturated carbocycles. The molecule has 0 radical (unpaired) electrons. The van der Waals surface area contributed by atoms with Crippen LogP contribution in [0.25, 0.3) is 5.95 Å². The van der Waals surface area contributed by atoms with Gasteiger partial charge in [0.15, 0.2) is 0 Å². The lowest BCUT2D eigenvalue weighted by Crippen LogP contribution is -2.53. The van der Waals surface area contributed by atoms with Crippen LogP contribution in [0.1, 0.15) is 17.5 Å². The molecule has 1 aliphatic heterocycles.